The summed E-state index contributed by atoms with van der Waals surface area (Å²) in [7, 11) is 0. The fourth-order valence-corrected chi connectivity index (χ4v) is 2.07. The van der Waals surface area contributed by atoms with Gasteiger partial charge in [-0.1, -0.05) is 35.4 Å². The Balaban J connectivity index is 2.94. The first kappa shape index (κ1) is 11.5. The summed E-state index contributed by atoms with van der Waals surface area (Å²) < 4.78 is 2.14. The van der Waals surface area contributed by atoms with Crippen molar-refractivity contribution in [2.45, 2.75) is 27.3 Å². The lowest BCUT2D eigenvalue weighted by atomic mass is 10.0. The SMILES string of the molecule is CCn1cncc1C=C(CBr)C(C)C. The van der Waals surface area contributed by atoms with Crippen LogP contribution in [0.15, 0.2) is 18.1 Å². The molecule has 0 unspecified atom stereocenters. The number of hydrogen-bond donors (Lipinski definition) is 0. The standard InChI is InChI=1S/C11H17BrN2/c1-4-14-8-13-7-11(14)5-10(6-12)9(2)3/h5,7-9H,4,6H2,1-3H3. The van der Waals surface area contributed by atoms with Gasteiger partial charge in [-0.2, -0.15) is 0 Å². The molecule has 0 saturated carbocycles. The average molecular weight is 257 g/mol. The quantitative estimate of drug-likeness (QED) is 0.756. The minimum absolute atomic E-state index is 0.578. The molecule has 0 spiro atoms. The number of allylic oxidation sites excluding steroid dienone is 1. The molecule has 0 aliphatic rings. The van der Waals surface area contributed by atoms with Gasteiger partial charge in [0.15, 0.2) is 0 Å². The molecule has 0 fully saturated rings. The molecular weight excluding hydrogens is 240 g/mol. The van der Waals surface area contributed by atoms with Gasteiger partial charge in [0.1, 0.15) is 0 Å². The Bertz CT molecular complexity index is 313. The summed E-state index contributed by atoms with van der Waals surface area (Å²) in [4.78, 5) is 4.14. The van der Waals surface area contributed by atoms with Crippen LogP contribution in [0, 0.1) is 5.92 Å². The van der Waals surface area contributed by atoms with E-state index in [-0.39, 0.29) is 0 Å². The topological polar surface area (TPSA) is 17.8 Å². The van der Waals surface area contributed by atoms with Crippen molar-refractivity contribution in [3.8, 4) is 0 Å². The van der Waals surface area contributed by atoms with Crippen molar-refractivity contribution in [2.75, 3.05) is 5.33 Å². The molecule has 3 heteroatoms. The molecule has 1 rings (SSSR count). The van der Waals surface area contributed by atoms with Crippen LogP contribution in [0.2, 0.25) is 0 Å². The number of halogens is 1. The molecule has 0 N–H and O–H groups in total. The molecule has 1 aromatic rings. The zero-order chi connectivity index (χ0) is 10.6. The second-order valence-corrected chi connectivity index (χ2v) is 4.17. The van der Waals surface area contributed by atoms with E-state index in [1.807, 2.05) is 12.5 Å². The number of aromatic nitrogens is 2. The van der Waals surface area contributed by atoms with E-state index >= 15 is 0 Å². The van der Waals surface area contributed by atoms with Gasteiger partial charge < -0.3 is 4.57 Å². The molecule has 1 aromatic heterocycles. The predicted octanol–water partition coefficient (Wildman–Crippen LogP) is 3.34. The van der Waals surface area contributed by atoms with Crippen LogP contribution in [-0.2, 0) is 6.54 Å². The van der Waals surface area contributed by atoms with Crippen molar-refractivity contribution in [3.05, 3.63) is 23.8 Å². The minimum Gasteiger partial charge on any atom is -0.331 e. The van der Waals surface area contributed by atoms with Crippen LogP contribution in [0.1, 0.15) is 26.5 Å². The number of imidazole rings is 1. The Kier molecular flexibility index (Phi) is 4.39. The summed E-state index contributed by atoms with van der Waals surface area (Å²) in [6.45, 7) is 7.52. The maximum atomic E-state index is 4.14. The molecule has 0 atom stereocenters. The van der Waals surface area contributed by atoms with Gasteiger partial charge in [0.05, 0.1) is 18.2 Å². The van der Waals surface area contributed by atoms with Gasteiger partial charge in [-0.05, 0) is 18.9 Å². The van der Waals surface area contributed by atoms with E-state index in [9.17, 15) is 0 Å². The minimum atomic E-state index is 0.578. The highest BCUT2D eigenvalue weighted by molar-refractivity contribution is 9.09. The summed E-state index contributed by atoms with van der Waals surface area (Å²) in [6.07, 6.45) is 6.00. The third-order valence-corrected chi connectivity index (χ3v) is 2.96. The van der Waals surface area contributed by atoms with Gasteiger partial charge in [0.25, 0.3) is 0 Å². The molecule has 0 aromatic carbocycles. The van der Waals surface area contributed by atoms with E-state index < -0.39 is 0 Å². The van der Waals surface area contributed by atoms with Crippen molar-refractivity contribution >= 4 is 22.0 Å². The normalized spacial score (nSPS) is 12.5. The fraction of sp³-hybridized carbons (Fsp3) is 0.545. The number of hydrogen-bond acceptors (Lipinski definition) is 1. The lowest BCUT2D eigenvalue weighted by molar-refractivity contribution is 0.747. The van der Waals surface area contributed by atoms with Gasteiger partial charge in [0.2, 0.25) is 0 Å². The van der Waals surface area contributed by atoms with Crippen LogP contribution < -0.4 is 0 Å². The van der Waals surface area contributed by atoms with E-state index in [1.165, 1.54) is 11.3 Å². The Morgan fingerprint density at radius 3 is 2.86 bits per heavy atom. The summed E-state index contributed by atoms with van der Waals surface area (Å²) in [5.74, 6) is 0.578. The van der Waals surface area contributed by atoms with Gasteiger partial charge in [-0.3, -0.25) is 0 Å². The van der Waals surface area contributed by atoms with Crippen LogP contribution >= 0.6 is 15.9 Å². The van der Waals surface area contributed by atoms with E-state index in [2.05, 4.69) is 52.3 Å². The second-order valence-electron chi connectivity index (χ2n) is 3.61. The van der Waals surface area contributed by atoms with Crippen molar-refractivity contribution in [3.63, 3.8) is 0 Å². The Morgan fingerprint density at radius 2 is 2.36 bits per heavy atom. The molecule has 0 radical (unpaired) electrons. The van der Waals surface area contributed by atoms with Gasteiger partial charge in [-0.15, -0.1) is 0 Å². The lowest BCUT2D eigenvalue weighted by Crippen LogP contribution is -1.99. The maximum absolute atomic E-state index is 4.14. The first-order valence-electron chi connectivity index (χ1n) is 4.95. The highest BCUT2D eigenvalue weighted by atomic mass is 79.9. The Morgan fingerprint density at radius 1 is 1.64 bits per heavy atom. The number of alkyl halides is 1. The third kappa shape index (κ3) is 2.71. The second kappa shape index (κ2) is 5.35. The van der Waals surface area contributed by atoms with Gasteiger partial charge in [0, 0.05) is 11.9 Å². The zero-order valence-corrected chi connectivity index (χ0v) is 10.6. The highest BCUT2D eigenvalue weighted by Gasteiger charge is 2.03. The smallest absolute Gasteiger partial charge is 0.0950 e. The molecule has 0 aliphatic heterocycles. The molecule has 0 bridgehead atoms. The zero-order valence-electron chi connectivity index (χ0n) is 9.00. The van der Waals surface area contributed by atoms with Crippen LogP contribution in [0.5, 0.6) is 0 Å². The Labute approximate surface area is 94.2 Å². The first-order chi connectivity index (χ1) is 6.69. The molecule has 1 heterocycles. The fourth-order valence-electron chi connectivity index (χ4n) is 1.26. The lowest BCUT2D eigenvalue weighted by Gasteiger charge is -2.08. The average Bonchev–Trinajstić information content (AvgIpc) is 2.60. The summed E-state index contributed by atoms with van der Waals surface area (Å²) >= 11 is 3.51. The number of nitrogens with zero attached hydrogens (tertiary/aromatic N) is 2. The van der Waals surface area contributed by atoms with Crippen molar-refractivity contribution in [1.82, 2.24) is 9.55 Å². The molecule has 0 saturated heterocycles. The molecule has 78 valence electrons. The van der Waals surface area contributed by atoms with Gasteiger partial charge >= 0.3 is 0 Å². The summed E-state index contributed by atoms with van der Waals surface area (Å²) in [5, 5.41) is 0.930. The number of rotatable bonds is 4. The van der Waals surface area contributed by atoms with Crippen molar-refractivity contribution in [1.29, 1.82) is 0 Å². The Hall–Kier alpha value is -0.570. The largest absolute Gasteiger partial charge is 0.331 e. The maximum Gasteiger partial charge on any atom is 0.0950 e. The van der Waals surface area contributed by atoms with Gasteiger partial charge in [-0.25, -0.2) is 4.98 Å². The molecule has 0 aliphatic carbocycles. The molecule has 2 nitrogen and oxygen atoms in total. The van der Waals surface area contributed by atoms with E-state index in [4.69, 9.17) is 0 Å². The summed E-state index contributed by atoms with van der Waals surface area (Å²) in [5.41, 5.74) is 2.59. The first-order valence-corrected chi connectivity index (χ1v) is 6.07. The molecular formula is C11H17BrN2. The van der Waals surface area contributed by atoms with Crippen LogP contribution in [0.4, 0.5) is 0 Å². The monoisotopic (exact) mass is 256 g/mol. The van der Waals surface area contributed by atoms with E-state index in [0.717, 1.165) is 11.9 Å². The number of aryl methyl sites for hydroxylation is 1. The van der Waals surface area contributed by atoms with Crippen LogP contribution in [-0.4, -0.2) is 14.9 Å². The molecule has 0 amide bonds. The predicted molar refractivity (Wildman–Crippen MR) is 64.5 cm³/mol. The van der Waals surface area contributed by atoms with E-state index in [1.54, 1.807) is 0 Å². The van der Waals surface area contributed by atoms with Crippen molar-refractivity contribution in [2.24, 2.45) is 5.92 Å². The molecule has 14 heavy (non-hydrogen) atoms. The van der Waals surface area contributed by atoms with Crippen LogP contribution in [0.3, 0.4) is 0 Å². The highest BCUT2D eigenvalue weighted by Crippen LogP contribution is 2.16. The van der Waals surface area contributed by atoms with Crippen LogP contribution in [0.25, 0.3) is 6.08 Å². The van der Waals surface area contributed by atoms with Crippen molar-refractivity contribution < 1.29 is 0 Å². The summed E-state index contributed by atoms with van der Waals surface area (Å²) in [6, 6.07) is 0. The third-order valence-electron chi connectivity index (χ3n) is 2.31. The van der Waals surface area contributed by atoms with E-state index in [0.29, 0.717) is 5.92 Å².